The van der Waals surface area contributed by atoms with Gasteiger partial charge in [-0.2, -0.15) is 5.12 Å². The Hall–Kier alpha value is -0.120. The molecule has 0 saturated carbocycles. The largest absolute Gasteiger partial charge is 0.238 e. The van der Waals surface area contributed by atoms with E-state index in [2.05, 4.69) is 36.7 Å². The molecular weight excluding hydrogens is 150 g/mol. The predicted molar refractivity (Wildman–Crippen MR) is 51.4 cm³/mol. The highest BCUT2D eigenvalue weighted by molar-refractivity contribution is 4.76. The lowest BCUT2D eigenvalue weighted by molar-refractivity contribution is 0.0252. The number of nitrogens with one attached hydrogen (secondary N) is 2. The van der Waals surface area contributed by atoms with Gasteiger partial charge >= 0.3 is 0 Å². The highest BCUT2D eigenvalue weighted by atomic mass is 15.7. The van der Waals surface area contributed by atoms with Crippen molar-refractivity contribution in [3.63, 3.8) is 0 Å². The molecule has 1 aliphatic heterocycles. The number of rotatable bonds is 3. The van der Waals surface area contributed by atoms with Crippen LogP contribution >= 0.6 is 0 Å². The van der Waals surface area contributed by atoms with Crippen molar-refractivity contribution >= 4 is 0 Å². The summed E-state index contributed by atoms with van der Waals surface area (Å²) in [5.41, 5.74) is 6.88. The molecule has 3 heteroatoms. The second-order valence-corrected chi connectivity index (χ2v) is 3.45. The molecule has 1 aliphatic rings. The van der Waals surface area contributed by atoms with Crippen LogP contribution in [0.15, 0.2) is 0 Å². The predicted octanol–water partition coefficient (Wildman–Crippen LogP) is 1.28. The van der Waals surface area contributed by atoms with E-state index in [9.17, 15) is 0 Å². The Labute approximate surface area is 75.5 Å². The minimum absolute atomic E-state index is 0.663. The van der Waals surface area contributed by atoms with Gasteiger partial charge in [-0.05, 0) is 26.2 Å². The van der Waals surface area contributed by atoms with Crippen molar-refractivity contribution in [1.82, 2.24) is 16.0 Å². The molecule has 0 aromatic carbocycles. The lowest BCUT2D eigenvalue weighted by atomic mass is 10.0. The van der Waals surface area contributed by atoms with Crippen LogP contribution in [0.5, 0.6) is 0 Å². The average Bonchev–Trinajstić information content (AvgIpc) is 2.16. The maximum atomic E-state index is 3.44. The van der Waals surface area contributed by atoms with Crippen LogP contribution in [0.25, 0.3) is 0 Å². The van der Waals surface area contributed by atoms with Gasteiger partial charge in [0.05, 0.1) is 0 Å². The Balaban J connectivity index is 2.41. The van der Waals surface area contributed by atoms with Crippen molar-refractivity contribution in [3.05, 3.63) is 0 Å². The van der Waals surface area contributed by atoms with Crippen molar-refractivity contribution in [1.29, 1.82) is 0 Å². The first-order chi connectivity index (χ1) is 5.80. The molecule has 2 unspecified atom stereocenters. The molecule has 1 fully saturated rings. The van der Waals surface area contributed by atoms with Gasteiger partial charge in [0.25, 0.3) is 0 Å². The first-order valence-electron chi connectivity index (χ1n) is 5.10. The van der Waals surface area contributed by atoms with Crippen LogP contribution in [-0.2, 0) is 0 Å². The summed E-state index contributed by atoms with van der Waals surface area (Å²) in [5.74, 6) is 0. The summed E-state index contributed by atoms with van der Waals surface area (Å²) in [6.45, 7) is 7.66. The van der Waals surface area contributed by atoms with Gasteiger partial charge in [0.1, 0.15) is 0 Å². The van der Waals surface area contributed by atoms with E-state index >= 15 is 0 Å². The van der Waals surface area contributed by atoms with Crippen molar-refractivity contribution in [3.8, 4) is 0 Å². The second kappa shape index (κ2) is 4.80. The lowest BCUT2D eigenvalue weighted by Crippen LogP contribution is -2.61. The summed E-state index contributed by atoms with van der Waals surface area (Å²) < 4.78 is 0. The van der Waals surface area contributed by atoms with Gasteiger partial charge in [0, 0.05) is 18.6 Å². The minimum atomic E-state index is 0.663. The zero-order valence-corrected chi connectivity index (χ0v) is 8.43. The van der Waals surface area contributed by atoms with Crippen LogP contribution in [0.2, 0.25) is 0 Å². The highest BCUT2D eigenvalue weighted by Crippen LogP contribution is 2.10. The van der Waals surface area contributed by atoms with E-state index < -0.39 is 0 Å². The molecule has 0 aromatic rings. The van der Waals surface area contributed by atoms with Crippen LogP contribution in [-0.4, -0.2) is 23.7 Å². The Bertz CT molecular complexity index is 97.2. The fourth-order valence-electron chi connectivity index (χ4n) is 1.63. The molecule has 72 valence electrons. The fraction of sp³-hybridized carbons (Fsp3) is 1.00. The molecule has 3 nitrogen and oxygen atoms in total. The van der Waals surface area contributed by atoms with Gasteiger partial charge in [-0.1, -0.05) is 13.8 Å². The summed E-state index contributed by atoms with van der Waals surface area (Å²) in [5, 5.41) is 2.12. The van der Waals surface area contributed by atoms with Gasteiger partial charge in [-0.3, -0.25) is 0 Å². The molecule has 2 N–H and O–H groups in total. The zero-order valence-electron chi connectivity index (χ0n) is 8.43. The van der Waals surface area contributed by atoms with E-state index in [0.29, 0.717) is 12.1 Å². The van der Waals surface area contributed by atoms with Gasteiger partial charge in [-0.15, -0.1) is 0 Å². The third kappa shape index (κ3) is 2.44. The van der Waals surface area contributed by atoms with E-state index in [0.717, 1.165) is 6.54 Å². The summed E-state index contributed by atoms with van der Waals surface area (Å²) in [4.78, 5) is 0. The molecule has 0 aromatic heterocycles. The smallest absolute Gasteiger partial charge is 0.0260 e. The molecule has 1 heterocycles. The monoisotopic (exact) mass is 171 g/mol. The third-order valence-electron chi connectivity index (χ3n) is 2.55. The van der Waals surface area contributed by atoms with Crippen molar-refractivity contribution < 1.29 is 0 Å². The van der Waals surface area contributed by atoms with Crippen molar-refractivity contribution in [2.45, 2.75) is 52.1 Å². The number of hydrogen-bond acceptors (Lipinski definition) is 3. The quantitative estimate of drug-likeness (QED) is 0.670. The lowest BCUT2D eigenvalue weighted by Gasteiger charge is -2.38. The van der Waals surface area contributed by atoms with Crippen LogP contribution in [0.3, 0.4) is 0 Å². The molecule has 0 spiro atoms. The molecule has 0 radical (unpaired) electrons. The second-order valence-electron chi connectivity index (χ2n) is 3.45. The molecule has 12 heavy (non-hydrogen) atoms. The van der Waals surface area contributed by atoms with Crippen molar-refractivity contribution in [2.24, 2.45) is 0 Å². The molecular formula is C9H21N3. The molecule has 0 aliphatic carbocycles. The normalized spacial score (nSPS) is 32.2. The Kier molecular flexibility index (Phi) is 3.98. The van der Waals surface area contributed by atoms with Crippen molar-refractivity contribution in [2.75, 3.05) is 6.54 Å². The molecule has 0 bridgehead atoms. The van der Waals surface area contributed by atoms with Gasteiger partial charge in [-0.25, -0.2) is 10.9 Å². The molecule has 0 amide bonds. The number of nitrogens with zero attached hydrogens (tertiary/aromatic N) is 1. The Morgan fingerprint density at radius 1 is 1.08 bits per heavy atom. The van der Waals surface area contributed by atoms with Gasteiger partial charge in [0.15, 0.2) is 0 Å². The highest BCUT2D eigenvalue weighted by Gasteiger charge is 2.22. The van der Waals surface area contributed by atoms with E-state index in [1.165, 1.54) is 19.3 Å². The van der Waals surface area contributed by atoms with E-state index in [1.54, 1.807) is 0 Å². The topological polar surface area (TPSA) is 27.3 Å². The number of hydrazine groups is 2. The van der Waals surface area contributed by atoms with E-state index in [-0.39, 0.29) is 0 Å². The van der Waals surface area contributed by atoms with Gasteiger partial charge < -0.3 is 0 Å². The SMILES string of the molecule is CCC1CC(CC)NN(CC)N1. The molecule has 1 saturated heterocycles. The van der Waals surface area contributed by atoms with Crippen LogP contribution in [0, 0.1) is 0 Å². The summed E-state index contributed by atoms with van der Waals surface area (Å²) in [6, 6.07) is 1.33. The Morgan fingerprint density at radius 2 is 1.58 bits per heavy atom. The first-order valence-corrected chi connectivity index (χ1v) is 5.10. The van der Waals surface area contributed by atoms with Crippen LogP contribution in [0.4, 0.5) is 0 Å². The molecule has 1 rings (SSSR count). The van der Waals surface area contributed by atoms with Crippen LogP contribution < -0.4 is 10.9 Å². The minimum Gasteiger partial charge on any atom is -0.238 e. The number of hydrogen-bond donors (Lipinski definition) is 2. The summed E-state index contributed by atoms with van der Waals surface area (Å²) >= 11 is 0. The maximum absolute atomic E-state index is 3.44. The van der Waals surface area contributed by atoms with Gasteiger partial charge in [0.2, 0.25) is 0 Å². The summed E-state index contributed by atoms with van der Waals surface area (Å²) in [6.07, 6.45) is 3.69. The zero-order chi connectivity index (χ0) is 8.97. The first kappa shape index (κ1) is 9.96. The standard InChI is InChI=1S/C9H21N3/c1-4-8-7-9(5-2)11-12(6-3)10-8/h8-11H,4-7H2,1-3H3. The van der Waals surface area contributed by atoms with Crippen LogP contribution in [0.1, 0.15) is 40.0 Å². The average molecular weight is 171 g/mol. The van der Waals surface area contributed by atoms with E-state index in [1.807, 2.05) is 0 Å². The Morgan fingerprint density at radius 3 is 1.92 bits per heavy atom. The fourth-order valence-corrected chi connectivity index (χ4v) is 1.63. The third-order valence-corrected chi connectivity index (χ3v) is 2.55. The van der Waals surface area contributed by atoms with E-state index in [4.69, 9.17) is 0 Å². The summed E-state index contributed by atoms with van der Waals surface area (Å²) in [7, 11) is 0. The molecule has 2 atom stereocenters. The maximum Gasteiger partial charge on any atom is 0.0260 e.